The molecule has 12 heteroatoms. The van der Waals surface area contributed by atoms with E-state index < -0.39 is 30.1 Å². The predicted octanol–water partition coefficient (Wildman–Crippen LogP) is 10.5. The Balaban J connectivity index is 1.91. The molecule has 9 nitrogen and oxygen atoms in total. The molecule has 0 fully saturated rings. The SMILES string of the molecule is CC(C)c1cc(C(C)C)c(S(=O)(=O)N2C/C=C/CN(S(=O)(=O)c3ccccc3)C/C=C/CN(S(=O)(=O)c3c(C(C)C)cc(C(C)C)cc3C(C)C)C/C=C/C2)c(C(C)C)c1. The number of rotatable bonds is 12. The van der Waals surface area contributed by atoms with Crippen LogP contribution in [-0.4, -0.2) is 77.4 Å². The van der Waals surface area contributed by atoms with Gasteiger partial charge < -0.3 is 0 Å². The molecule has 1 aliphatic rings. The van der Waals surface area contributed by atoms with Crippen molar-refractivity contribution < 1.29 is 25.3 Å². The lowest BCUT2D eigenvalue weighted by atomic mass is 9.89. The van der Waals surface area contributed by atoms with Gasteiger partial charge in [0.1, 0.15) is 0 Å². The summed E-state index contributed by atoms with van der Waals surface area (Å²) in [6, 6.07) is 16.2. The van der Waals surface area contributed by atoms with Crippen molar-refractivity contribution >= 4 is 30.1 Å². The number of benzene rings is 3. The van der Waals surface area contributed by atoms with E-state index in [0.717, 1.165) is 33.4 Å². The van der Waals surface area contributed by atoms with Crippen molar-refractivity contribution in [1.29, 1.82) is 0 Å². The molecule has 3 aromatic carbocycles. The molecular weight excluding hydrogens is 811 g/mol. The lowest BCUT2D eigenvalue weighted by molar-refractivity contribution is 0.462. The van der Waals surface area contributed by atoms with Gasteiger partial charge in [0.25, 0.3) is 0 Å². The number of hydrogen-bond donors (Lipinski definition) is 0. The fourth-order valence-corrected chi connectivity index (χ4v) is 12.7. The van der Waals surface area contributed by atoms with Gasteiger partial charge in [-0.1, -0.05) is 162 Å². The van der Waals surface area contributed by atoms with E-state index >= 15 is 16.8 Å². The standard InChI is InChI=1S/C48H69N3O6S3/c1-34(2)40-30-43(36(5)6)47(44(31-40)37(7)8)59(54,55)50-26-18-16-24-49(58(52,53)42-22-14-13-15-23-42)25-17-19-27-51(29-21-20-28-50)60(56,57)48-45(38(9)10)32-41(35(3)4)33-46(48)39(11)12/h13-23,30-39H,24-29H2,1-12H3/b18-16+,19-17+,21-20+. The molecule has 3 aromatic rings. The van der Waals surface area contributed by atoms with Crippen LogP contribution >= 0.6 is 0 Å². The molecular formula is C48H69N3O6S3. The highest BCUT2D eigenvalue weighted by Gasteiger charge is 2.33. The Bertz CT molecular complexity index is 2170. The monoisotopic (exact) mass is 879 g/mol. The molecule has 0 atom stereocenters. The summed E-state index contributed by atoms with van der Waals surface area (Å²) in [5.41, 5.74) is 5.16. The third-order valence-electron chi connectivity index (χ3n) is 11.1. The van der Waals surface area contributed by atoms with Crippen molar-refractivity contribution in [2.24, 2.45) is 0 Å². The molecule has 0 unspecified atom stereocenters. The first-order chi connectivity index (χ1) is 28.0. The van der Waals surface area contributed by atoms with E-state index in [1.54, 1.807) is 66.8 Å². The molecule has 0 bridgehead atoms. The van der Waals surface area contributed by atoms with Crippen molar-refractivity contribution in [1.82, 2.24) is 12.9 Å². The van der Waals surface area contributed by atoms with Crippen LogP contribution in [0, 0.1) is 0 Å². The van der Waals surface area contributed by atoms with Crippen LogP contribution in [0.2, 0.25) is 0 Å². The quantitative estimate of drug-likeness (QED) is 0.168. The van der Waals surface area contributed by atoms with Gasteiger partial charge in [-0.05, 0) is 81.0 Å². The van der Waals surface area contributed by atoms with Crippen LogP contribution in [0.5, 0.6) is 0 Å². The van der Waals surface area contributed by atoms with Crippen LogP contribution in [0.25, 0.3) is 0 Å². The number of sulfonamides is 3. The first-order valence-electron chi connectivity index (χ1n) is 21.4. The van der Waals surface area contributed by atoms with E-state index in [2.05, 4.69) is 27.7 Å². The molecule has 330 valence electrons. The molecule has 0 amide bonds. The maximum atomic E-state index is 15.0. The van der Waals surface area contributed by atoms with Crippen LogP contribution < -0.4 is 0 Å². The molecule has 4 rings (SSSR count). The smallest absolute Gasteiger partial charge is 0.207 e. The second-order valence-corrected chi connectivity index (χ2v) is 23.4. The Hall–Kier alpha value is -3.39. The van der Waals surface area contributed by atoms with Crippen LogP contribution in [0.4, 0.5) is 0 Å². The second kappa shape index (κ2) is 20.7. The zero-order valence-corrected chi connectivity index (χ0v) is 40.3. The maximum absolute atomic E-state index is 15.0. The zero-order chi connectivity index (χ0) is 44.7. The van der Waals surface area contributed by atoms with E-state index in [0.29, 0.717) is 9.79 Å². The van der Waals surface area contributed by atoms with E-state index in [4.69, 9.17) is 0 Å². The van der Waals surface area contributed by atoms with Gasteiger partial charge >= 0.3 is 0 Å². The highest BCUT2D eigenvalue weighted by molar-refractivity contribution is 7.89. The van der Waals surface area contributed by atoms with Gasteiger partial charge in [0, 0.05) is 39.3 Å². The zero-order valence-electron chi connectivity index (χ0n) is 37.9. The highest BCUT2D eigenvalue weighted by Crippen LogP contribution is 2.38. The Kier molecular flexibility index (Phi) is 17.0. The van der Waals surface area contributed by atoms with Crippen LogP contribution in [0.1, 0.15) is 152 Å². The van der Waals surface area contributed by atoms with E-state index in [-0.39, 0.29) is 79.7 Å². The van der Waals surface area contributed by atoms with Crippen molar-refractivity contribution in [3.63, 3.8) is 0 Å². The fraction of sp³-hybridized carbons (Fsp3) is 0.500. The molecule has 1 heterocycles. The largest absolute Gasteiger partial charge is 0.244 e. The average molecular weight is 880 g/mol. The number of nitrogens with zero attached hydrogens (tertiary/aromatic N) is 3. The van der Waals surface area contributed by atoms with Crippen molar-refractivity contribution in [3.8, 4) is 0 Å². The minimum absolute atomic E-state index is 0.0252. The average Bonchev–Trinajstić information content (AvgIpc) is 3.19. The minimum Gasteiger partial charge on any atom is -0.207 e. The molecule has 0 radical (unpaired) electrons. The lowest BCUT2D eigenvalue weighted by Crippen LogP contribution is -2.34. The summed E-state index contributed by atoms with van der Waals surface area (Å²) in [6.45, 7) is 24.3. The highest BCUT2D eigenvalue weighted by atomic mass is 32.2. The molecule has 0 saturated heterocycles. The van der Waals surface area contributed by atoms with E-state index in [9.17, 15) is 8.42 Å². The summed E-state index contributed by atoms with van der Waals surface area (Å²) in [5, 5.41) is 0. The Morgan fingerprint density at radius 1 is 0.367 bits per heavy atom. The van der Waals surface area contributed by atoms with Crippen molar-refractivity contribution in [3.05, 3.63) is 124 Å². The van der Waals surface area contributed by atoms with Gasteiger partial charge in [0.2, 0.25) is 30.1 Å². The third-order valence-corrected chi connectivity index (χ3v) is 16.9. The summed E-state index contributed by atoms with van der Waals surface area (Å²) in [4.78, 5) is 0.720. The van der Waals surface area contributed by atoms with Gasteiger partial charge in [0.05, 0.1) is 14.7 Å². The molecule has 0 saturated carbocycles. The number of hydrogen-bond acceptors (Lipinski definition) is 6. The van der Waals surface area contributed by atoms with Gasteiger partial charge in [0.15, 0.2) is 0 Å². The Morgan fingerprint density at radius 3 is 0.850 bits per heavy atom. The van der Waals surface area contributed by atoms with Gasteiger partial charge in [-0.2, -0.15) is 12.9 Å². The normalized spacial score (nSPS) is 18.1. The lowest BCUT2D eigenvalue weighted by Gasteiger charge is -2.28. The van der Waals surface area contributed by atoms with Gasteiger partial charge in [-0.25, -0.2) is 25.3 Å². The molecule has 0 spiro atoms. The van der Waals surface area contributed by atoms with Crippen molar-refractivity contribution in [2.45, 2.75) is 133 Å². The summed E-state index contributed by atoms with van der Waals surface area (Å²) < 4.78 is 92.3. The van der Waals surface area contributed by atoms with Gasteiger partial charge in [-0.3, -0.25) is 0 Å². The first-order valence-corrected chi connectivity index (χ1v) is 25.7. The van der Waals surface area contributed by atoms with E-state index in [1.165, 1.54) is 12.9 Å². The minimum atomic E-state index is -4.12. The third kappa shape index (κ3) is 11.3. The molecule has 0 aliphatic carbocycles. The molecule has 0 N–H and O–H groups in total. The fourth-order valence-electron chi connectivity index (χ4n) is 7.34. The van der Waals surface area contributed by atoms with Gasteiger partial charge in [-0.15, -0.1) is 0 Å². The summed E-state index contributed by atoms with van der Waals surface area (Å²) >= 11 is 0. The Morgan fingerprint density at radius 2 is 0.617 bits per heavy atom. The molecule has 0 aromatic heterocycles. The van der Waals surface area contributed by atoms with Crippen LogP contribution in [0.15, 0.2) is 106 Å². The summed E-state index contributed by atoms with van der Waals surface area (Å²) in [7, 11) is -12.2. The Labute approximate surface area is 363 Å². The first kappa shape index (κ1) is 49.3. The predicted molar refractivity (Wildman–Crippen MR) is 248 cm³/mol. The van der Waals surface area contributed by atoms with Crippen molar-refractivity contribution in [2.75, 3.05) is 39.3 Å². The topological polar surface area (TPSA) is 112 Å². The maximum Gasteiger partial charge on any atom is 0.244 e. The van der Waals surface area contributed by atoms with Crippen LogP contribution in [-0.2, 0) is 30.1 Å². The summed E-state index contributed by atoms with van der Waals surface area (Å²) in [6.07, 6.45) is 10.2. The van der Waals surface area contributed by atoms with Crippen LogP contribution in [0.3, 0.4) is 0 Å². The second-order valence-electron chi connectivity index (χ2n) is 17.7. The summed E-state index contributed by atoms with van der Waals surface area (Å²) in [5.74, 6) is 0.0847. The molecule has 1 aliphatic heterocycles. The van der Waals surface area contributed by atoms with E-state index in [1.807, 2.05) is 79.7 Å². The molecule has 60 heavy (non-hydrogen) atoms.